The lowest BCUT2D eigenvalue weighted by atomic mass is 10.1. The van der Waals surface area contributed by atoms with E-state index >= 15 is 0 Å². The van der Waals surface area contributed by atoms with Crippen LogP contribution in [0.3, 0.4) is 0 Å². The summed E-state index contributed by atoms with van der Waals surface area (Å²) in [7, 11) is 0. The van der Waals surface area contributed by atoms with Crippen molar-refractivity contribution in [1.29, 1.82) is 0 Å². The molecule has 2 aromatic rings. The molecule has 1 heterocycles. The Balaban J connectivity index is 1.96. The summed E-state index contributed by atoms with van der Waals surface area (Å²) in [6.45, 7) is 1.75. The molecule has 1 amide bonds. The van der Waals surface area contributed by atoms with Gasteiger partial charge in [0.25, 0.3) is 0 Å². The Bertz CT molecular complexity index is 533. The lowest BCUT2D eigenvalue weighted by molar-refractivity contribution is -0.121. The molecular formula is C14H18N2O2. The zero-order valence-electron chi connectivity index (χ0n) is 10.4. The smallest absolute Gasteiger partial charge is 0.220 e. The van der Waals surface area contributed by atoms with Gasteiger partial charge in [-0.15, -0.1) is 0 Å². The zero-order valence-corrected chi connectivity index (χ0v) is 10.4. The number of para-hydroxylation sites is 1. The van der Waals surface area contributed by atoms with Crippen molar-refractivity contribution in [2.75, 3.05) is 6.61 Å². The number of carbonyl (C=O) groups is 1. The van der Waals surface area contributed by atoms with Gasteiger partial charge in [0.2, 0.25) is 5.91 Å². The minimum atomic E-state index is -0.180. The summed E-state index contributed by atoms with van der Waals surface area (Å²) in [5, 5.41) is 12.8. The van der Waals surface area contributed by atoms with E-state index in [-0.39, 0.29) is 18.6 Å². The van der Waals surface area contributed by atoms with Gasteiger partial charge in [-0.25, -0.2) is 0 Å². The highest BCUT2D eigenvalue weighted by molar-refractivity contribution is 5.84. The van der Waals surface area contributed by atoms with Gasteiger partial charge in [0.15, 0.2) is 0 Å². The summed E-state index contributed by atoms with van der Waals surface area (Å²) in [6, 6.07) is 7.87. The normalized spacial score (nSPS) is 12.6. The third kappa shape index (κ3) is 2.90. The first-order valence-corrected chi connectivity index (χ1v) is 6.16. The fourth-order valence-corrected chi connectivity index (χ4v) is 1.98. The van der Waals surface area contributed by atoms with Crippen LogP contribution in [-0.2, 0) is 11.2 Å². The Kier molecular flexibility index (Phi) is 3.99. The Morgan fingerprint density at radius 1 is 1.44 bits per heavy atom. The number of amides is 1. The van der Waals surface area contributed by atoms with Gasteiger partial charge in [0, 0.05) is 29.6 Å². The quantitative estimate of drug-likeness (QED) is 0.750. The largest absolute Gasteiger partial charge is 0.394 e. The van der Waals surface area contributed by atoms with Gasteiger partial charge in [-0.2, -0.15) is 0 Å². The van der Waals surface area contributed by atoms with Crippen LogP contribution in [0.4, 0.5) is 0 Å². The lowest BCUT2D eigenvalue weighted by Gasteiger charge is -2.10. The minimum absolute atomic E-state index is 0.0261. The molecule has 0 saturated heterocycles. The average Bonchev–Trinajstić information content (AvgIpc) is 2.79. The number of hydrogen-bond acceptors (Lipinski definition) is 2. The highest BCUT2D eigenvalue weighted by atomic mass is 16.3. The number of aromatic amines is 1. The molecule has 0 aliphatic heterocycles. The number of benzene rings is 1. The molecule has 1 aromatic carbocycles. The van der Waals surface area contributed by atoms with Crippen LogP contribution in [0.1, 0.15) is 18.9 Å². The van der Waals surface area contributed by atoms with Crippen molar-refractivity contribution in [1.82, 2.24) is 10.3 Å². The molecule has 18 heavy (non-hydrogen) atoms. The second kappa shape index (κ2) is 5.69. The number of aromatic nitrogens is 1. The highest BCUT2D eigenvalue weighted by Crippen LogP contribution is 2.18. The number of carbonyl (C=O) groups excluding carboxylic acids is 1. The summed E-state index contributed by atoms with van der Waals surface area (Å²) >= 11 is 0. The van der Waals surface area contributed by atoms with Crippen LogP contribution < -0.4 is 5.32 Å². The van der Waals surface area contributed by atoms with E-state index in [1.807, 2.05) is 24.4 Å². The fraction of sp³-hybridized carbons (Fsp3) is 0.357. The molecule has 0 spiro atoms. The summed E-state index contributed by atoms with van der Waals surface area (Å²) in [6.07, 6.45) is 3.09. The van der Waals surface area contributed by atoms with Crippen LogP contribution in [0, 0.1) is 0 Å². The molecule has 96 valence electrons. The first kappa shape index (κ1) is 12.6. The van der Waals surface area contributed by atoms with Gasteiger partial charge < -0.3 is 15.4 Å². The van der Waals surface area contributed by atoms with Gasteiger partial charge in [-0.05, 0) is 25.0 Å². The van der Waals surface area contributed by atoms with Gasteiger partial charge in [0.05, 0.1) is 6.61 Å². The van der Waals surface area contributed by atoms with Crippen LogP contribution in [0.5, 0.6) is 0 Å². The van der Waals surface area contributed by atoms with E-state index in [1.54, 1.807) is 6.92 Å². The maximum absolute atomic E-state index is 11.6. The fourth-order valence-electron chi connectivity index (χ4n) is 1.98. The molecule has 1 aromatic heterocycles. The molecule has 0 fully saturated rings. The first-order chi connectivity index (χ1) is 8.70. The van der Waals surface area contributed by atoms with Crippen molar-refractivity contribution in [3.63, 3.8) is 0 Å². The number of fused-ring (bicyclic) bond motifs is 1. The molecule has 4 nitrogen and oxygen atoms in total. The minimum Gasteiger partial charge on any atom is -0.394 e. The summed E-state index contributed by atoms with van der Waals surface area (Å²) < 4.78 is 0. The number of aryl methyl sites for hydroxylation is 1. The van der Waals surface area contributed by atoms with Crippen LogP contribution in [0.25, 0.3) is 10.9 Å². The standard InChI is InChI=1S/C14H18N2O2/c1-10(9-17)16-14(18)7-6-11-8-15-13-5-3-2-4-12(11)13/h2-5,8,10,15,17H,6-7,9H2,1H3,(H,16,18)/t10-/m0/s1. The SMILES string of the molecule is C[C@@H](CO)NC(=O)CCc1c[nH]c2ccccc12. The van der Waals surface area contributed by atoms with Crippen molar-refractivity contribution in [3.8, 4) is 0 Å². The predicted molar refractivity (Wildman–Crippen MR) is 71.3 cm³/mol. The van der Waals surface area contributed by atoms with E-state index in [4.69, 9.17) is 5.11 Å². The Hall–Kier alpha value is -1.81. The molecule has 0 unspecified atom stereocenters. The predicted octanol–water partition coefficient (Wildman–Crippen LogP) is 1.60. The summed E-state index contributed by atoms with van der Waals surface area (Å²) in [5.41, 5.74) is 2.24. The molecule has 0 radical (unpaired) electrons. The zero-order chi connectivity index (χ0) is 13.0. The van der Waals surface area contributed by atoms with E-state index in [2.05, 4.69) is 16.4 Å². The molecular weight excluding hydrogens is 228 g/mol. The van der Waals surface area contributed by atoms with E-state index in [0.29, 0.717) is 12.8 Å². The molecule has 1 atom stereocenters. The first-order valence-electron chi connectivity index (χ1n) is 6.16. The Labute approximate surface area is 106 Å². The lowest BCUT2D eigenvalue weighted by Crippen LogP contribution is -2.35. The maximum atomic E-state index is 11.6. The monoisotopic (exact) mass is 246 g/mol. The number of H-pyrrole nitrogens is 1. The number of hydrogen-bond donors (Lipinski definition) is 3. The van der Waals surface area contributed by atoms with E-state index < -0.39 is 0 Å². The van der Waals surface area contributed by atoms with Gasteiger partial charge in [-0.3, -0.25) is 4.79 Å². The van der Waals surface area contributed by atoms with Crippen LogP contribution >= 0.6 is 0 Å². The van der Waals surface area contributed by atoms with E-state index in [1.165, 1.54) is 5.39 Å². The topological polar surface area (TPSA) is 65.1 Å². The van der Waals surface area contributed by atoms with Gasteiger partial charge in [-0.1, -0.05) is 18.2 Å². The van der Waals surface area contributed by atoms with Gasteiger partial charge >= 0.3 is 0 Å². The molecule has 0 aliphatic rings. The molecule has 0 aliphatic carbocycles. The van der Waals surface area contributed by atoms with Crippen molar-refractivity contribution in [2.45, 2.75) is 25.8 Å². The van der Waals surface area contributed by atoms with Crippen molar-refractivity contribution in [3.05, 3.63) is 36.0 Å². The summed E-state index contributed by atoms with van der Waals surface area (Å²) in [5.74, 6) is -0.0261. The number of aliphatic hydroxyl groups excluding tert-OH is 1. The third-order valence-electron chi connectivity index (χ3n) is 2.98. The van der Waals surface area contributed by atoms with Gasteiger partial charge in [0.1, 0.15) is 0 Å². The highest BCUT2D eigenvalue weighted by Gasteiger charge is 2.08. The molecule has 4 heteroatoms. The Morgan fingerprint density at radius 3 is 3.00 bits per heavy atom. The van der Waals surface area contributed by atoms with Crippen molar-refractivity contribution < 1.29 is 9.90 Å². The second-order valence-electron chi connectivity index (χ2n) is 4.51. The van der Waals surface area contributed by atoms with Crippen molar-refractivity contribution >= 4 is 16.8 Å². The van der Waals surface area contributed by atoms with Crippen LogP contribution in [0.2, 0.25) is 0 Å². The molecule has 0 bridgehead atoms. The van der Waals surface area contributed by atoms with Crippen LogP contribution in [-0.4, -0.2) is 28.6 Å². The number of nitrogens with one attached hydrogen (secondary N) is 2. The molecule has 3 N–H and O–H groups in total. The Morgan fingerprint density at radius 2 is 2.22 bits per heavy atom. The summed E-state index contributed by atoms with van der Waals surface area (Å²) in [4.78, 5) is 14.8. The number of rotatable bonds is 5. The maximum Gasteiger partial charge on any atom is 0.220 e. The van der Waals surface area contributed by atoms with E-state index in [0.717, 1.165) is 11.1 Å². The van der Waals surface area contributed by atoms with Crippen molar-refractivity contribution in [2.24, 2.45) is 0 Å². The van der Waals surface area contributed by atoms with Crippen LogP contribution in [0.15, 0.2) is 30.5 Å². The molecule has 2 rings (SSSR count). The van der Waals surface area contributed by atoms with E-state index in [9.17, 15) is 4.79 Å². The molecule has 0 saturated carbocycles. The number of aliphatic hydroxyl groups is 1. The third-order valence-corrected chi connectivity index (χ3v) is 2.98. The average molecular weight is 246 g/mol. The second-order valence-corrected chi connectivity index (χ2v) is 4.51.